The lowest BCUT2D eigenvalue weighted by Crippen LogP contribution is -2.55. The second kappa shape index (κ2) is 21.6. The van der Waals surface area contributed by atoms with E-state index < -0.39 is 192 Å². The summed E-state index contributed by atoms with van der Waals surface area (Å²) >= 11 is 0. The summed E-state index contributed by atoms with van der Waals surface area (Å²) < 4.78 is 198. The summed E-state index contributed by atoms with van der Waals surface area (Å²) in [4.78, 5) is 137. The number of halogens is 12. The highest BCUT2D eigenvalue weighted by Gasteiger charge is 2.74. The molecule has 460 valence electrons. The van der Waals surface area contributed by atoms with Crippen LogP contribution in [0.3, 0.4) is 0 Å². The molecule has 0 unspecified atom stereocenters. The van der Waals surface area contributed by atoms with Gasteiger partial charge in [-0.3, -0.25) is 43.3 Å². The number of hydrogen-bond acceptors (Lipinski definition) is 14. The van der Waals surface area contributed by atoms with Gasteiger partial charge in [0, 0.05) is 33.1 Å². The molecule has 0 saturated heterocycles. The van der Waals surface area contributed by atoms with Crippen molar-refractivity contribution in [1.29, 1.82) is 0 Å². The molecule has 0 bridgehead atoms. The zero-order valence-corrected chi connectivity index (χ0v) is 44.8. The number of aliphatic hydroxyl groups excluding tert-OH is 2. The number of carbonyl (C=O) groups excluding carboxylic acids is 10. The molecule has 89 heavy (non-hydrogen) atoms. The van der Waals surface area contributed by atoms with E-state index in [9.17, 15) is 53.1 Å². The number of amides is 8. The van der Waals surface area contributed by atoms with Crippen molar-refractivity contribution in [2.24, 2.45) is 0 Å². The van der Waals surface area contributed by atoms with Crippen LogP contribution in [0.2, 0.25) is 0 Å². The first-order valence-corrected chi connectivity index (χ1v) is 25.8. The smallest absolute Gasteiger partial charge is 0.411 e. The Balaban J connectivity index is 1.04. The van der Waals surface area contributed by atoms with Crippen LogP contribution in [0.4, 0.5) is 69.7 Å². The van der Waals surface area contributed by atoms with Crippen LogP contribution in [0.15, 0.2) is 115 Å². The number of alkyl halides is 12. The number of rotatable bonds is 15. The molecule has 0 aliphatic carbocycles. The van der Waals surface area contributed by atoms with Gasteiger partial charge in [0.05, 0.1) is 85.9 Å². The van der Waals surface area contributed by atoms with E-state index >= 15 is 52.7 Å². The van der Waals surface area contributed by atoms with Crippen molar-refractivity contribution in [2.45, 2.75) is 48.4 Å². The standard InChI is InChI=1S/C59H36F12N4O14/c1-72-44(78)36-11-7-29(22-40(36)45(72)79)54(56(60,61)62,57(63,64)65)31-9-13-38-42(24-31)50(84)74(47(38)81)34-20-28(53(87)89-18-4-16-77)21-35(26-34)75-48(82)39-14-10-32(25-43(39)51(75)85)55(58(66,67)68,59(69,70)71)30-8-12-37-41(23-30)49(83)73(46(37)80)33-6-2-5-27(19-33)52(86)88-17-3-15-76/h2,5-14,19-26,76-77H,3-4,15-18H2,1H3. The fraction of sp³-hybridized carbons (Fsp3) is 0.220. The lowest BCUT2D eigenvalue weighted by Gasteiger charge is -2.38. The lowest BCUT2D eigenvalue weighted by molar-refractivity contribution is -0.290. The first kappa shape index (κ1) is 62.0. The molecule has 0 atom stereocenters. The van der Waals surface area contributed by atoms with E-state index in [1.54, 1.807) is 0 Å². The number of imide groups is 4. The summed E-state index contributed by atoms with van der Waals surface area (Å²) in [5.74, 6) is -14.0. The molecule has 4 aliphatic rings. The summed E-state index contributed by atoms with van der Waals surface area (Å²) in [5.41, 5.74) is -27.7. The molecule has 8 amide bonds. The number of esters is 2. The molecule has 0 fully saturated rings. The average Bonchev–Trinajstić information content (AvgIpc) is 1.68. The van der Waals surface area contributed by atoms with Crippen LogP contribution in [0.5, 0.6) is 0 Å². The van der Waals surface area contributed by atoms with E-state index in [4.69, 9.17) is 14.6 Å². The number of anilines is 3. The zero-order chi connectivity index (χ0) is 65.0. The Bertz CT molecular complexity index is 4110. The Morgan fingerprint density at radius 2 is 0.663 bits per heavy atom. The van der Waals surface area contributed by atoms with E-state index in [2.05, 4.69) is 0 Å². The Hall–Kier alpha value is -10.1. The summed E-state index contributed by atoms with van der Waals surface area (Å²) in [6.45, 7) is -1.75. The van der Waals surface area contributed by atoms with E-state index in [1.807, 2.05) is 0 Å². The minimum atomic E-state index is -6.47. The zero-order valence-electron chi connectivity index (χ0n) is 44.8. The van der Waals surface area contributed by atoms with Gasteiger partial charge in [-0.05, 0) is 107 Å². The monoisotopic (exact) mass is 1250 g/mol. The molecule has 6 aromatic rings. The van der Waals surface area contributed by atoms with Crippen molar-refractivity contribution in [2.75, 3.05) is 48.2 Å². The van der Waals surface area contributed by atoms with Gasteiger partial charge in [-0.25, -0.2) is 24.3 Å². The van der Waals surface area contributed by atoms with Crippen molar-refractivity contribution < 1.29 is 120 Å². The molecular formula is C59H36F12N4O14. The third-order valence-corrected chi connectivity index (χ3v) is 15.2. The quantitative estimate of drug-likeness (QED) is 0.0422. The Labute approximate surface area is 490 Å². The average molecular weight is 1250 g/mol. The minimum Gasteiger partial charge on any atom is -0.462 e. The predicted octanol–water partition coefficient (Wildman–Crippen LogP) is 9.21. The normalized spacial score (nSPS) is 15.4. The Morgan fingerprint density at radius 3 is 1.01 bits per heavy atom. The SMILES string of the molecule is CN1C(=O)c2ccc(C(c3ccc4c(c3)C(=O)N(c3cc(C(=O)OCCCO)cc(N5C(=O)c6ccc(C(c7ccc8c(c7)C(=O)N(c7cccc(C(=O)OCCCO)c7)C8=O)(C(F)(F)F)C(F)(F)F)cc6C5=O)c3)C4=O)(C(F)(F)F)C(F)(F)F)cc2C1=O. The Kier molecular flexibility index (Phi) is 15.1. The highest BCUT2D eigenvalue weighted by molar-refractivity contribution is 6.37. The molecule has 4 aliphatic heterocycles. The van der Waals surface area contributed by atoms with Gasteiger partial charge in [0.1, 0.15) is 0 Å². The van der Waals surface area contributed by atoms with E-state index in [-0.39, 0.29) is 95.6 Å². The number of nitrogens with zero attached hydrogens (tertiary/aromatic N) is 4. The number of fused-ring (bicyclic) bond motifs is 4. The number of benzene rings is 6. The molecular weight excluding hydrogens is 1220 g/mol. The molecule has 18 nitrogen and oxygen atoms in total. The number of aliphatic hydroxyl groups is 2. The maximum atomic E-state index is 15.8. The summed E-state index contributed by atoms with van der Waals surface area (Å²) in [6, 6.07) is 9.58. The van der Waals surface area contributed by atoms with Crippen LogP contribution >= 0.6 is 0 Å². The molecule has 4 heterocycles. The van der Waals surface area contributed by atoms with Crippen molar-refractivity contribution in [3.05, 3.63) is 193 Å². The molecule has 0 spiro atoms. The molecule has 10 rings (SSSR count). The van der Waals surface area contributed by atoms with Crippen molar-refractivity contribution in [3.63, 3.8) is 0 Å². The number of carbonyl (C=O) groups is 10. The first-order chi connectivity index (χ1) is 41.7. The van der Waals surface area contributed by atoms with Crippen molar-refractivity contribution in [1.82, 2.24) is 4.90 Å². The molecule has 0 aromatic heterocycles. The van der Waals surface area contributed by atoms with Gasteiger partial charge in [-0.2, -0.15) is 52.7 Å². The van der Waals surface area contributed by atoms with Gasteiger partial charge < -0.3 is 19.7 Å². The van der Waals surface area contributed by atoms with Crippen LogP contribution < -0.4 is 14.7 Å². The van der Waals surface area contributed by atoms with Crippen LogP contribution in [0.1, 0.15) is 139 Å². The second-order valence-corrected chi connectivity index (χ2v) is 20.3. The molecule has 0 radical (unpaired) electrons. The minimum absolute atomic E-state index is 0.0319. The first-order valence-electron chi connectivity index (χ1n) is 25.8. The molecule has 0 saturated carbocycles. The number of ether oxygens (including phenoxy) is 2. The largest absolute Gasteiger partial charge is 0.462 e. The van der Waals surface area contributed by atoms with Gasteiger partial charge in [0.15, 0.2) is 0 Å². The van der Waals surface area contributed by atoms with Gasteiger partial charge in [-0.1, -0.05) is 30.3 Å². The predicted molar refractivity (Wildman–Crippen MR) is 278 cm³/mol. The summed E-state index contributed by atoms with van der Waals surface area (Å²) in [6.07, 6.45) is -25.9. The van der Waals surface area contributed by atoms with Gasteiger partial charge in [0.25, 0.3) is 47.3 Å². The van der Waals surface area contributed by atoms with Crippen molar-refractivity contribution in [3.8, 4) is 0 Å². The van der Waals surface area contributed by atoms with Gasteiger partial charge >= 0.3 is 36.6 Å². The second-order valence-electron chi connectivity index (χ2n) is 20.3. The van der Waals surface area contributed by atoms with E-state index in [0.29, 0.717) is 52.3 Å². The van der Waals surface area contributed by atoms with Gasteiger partial charge in [-0.15, -0.1) is 0 Å². The van der Waals surface area contributed by atoms with E-state index in [0.717, 1.165) is 19.2 Å². The lowest BCUT2D eigenvalue weighted by atomic mass is 9.71. The third kappa shape index (κ3) is 9.45. The number of hydrogen-bond donors (Lipinski definition) is 2. The maximum Gasteiger partial charge on any atom is 0.411 e. The fourth-order valence-electron chi connectivity index (χ4n) is 11.1. The summed E-state index contributed by atoms with van der Waals surface area (Å²) in [7, 11) is 0.917. The van der Waals surface area contributed by atoms with Crippen molar-refractivity contribution >= 4 is 76.3 Å². The highest BCUT2D eigenvalue weighted by atomic mass is 19.4. The molecule has 6 aromatic carbocycles. The Morgan fingerprint density at radius 1 is 0.371 bits per heavy atom. The summed E-state index contributed by atoms with van der Waals surface area (Å²) in [5, 5.41) is 18.3. The molecule has 2 N–H and O–H groups in total. The molecule has 30 heteroatoms. The van der Waals surface area contributed by atoms with Gasteiger partial charge in [0.2, 0.25) is 10.8 Å². The van der Waals surface area contributed by atoms with Crippen LogP contribution in [0.25, 0.3) is 0 Å². The fourth-order valence-corrected chi connectivity index (χ4v) is 11.1. The maximum absolute atomic E-state index is 15.8. The highest BCUT2D eigenvalue weighted by Crippen LogP contribution is 2.59. The van der Waals surface area contributed by atoms with Crippen LogP contribution in [-0.2, 0) is 20.3 Å². The third-order valence-electron chi connectivity index (χ3n) is 15.2. The van der Waals surface area contributed by atoms with E-state index in [1.165, 1.54) is 12.1 Å². The van der Waals surface area contributed by atoms with Crippen LogP contribution in [0, 0.1) is 0 Å². The van der Waals surface area contributed by atoms with Crippen LogP contribution in [-0.4, -0.2) is 132 Å². The topological polar surface area (TPSA) is 243 Å².